The fraction of sp³-hybridized carbons (Fsp3) is 0.538. The van der Waals surface area contributed by atoms with Gasteiger partial charge in [-0.15, -0.1) is 0 Å². The first kappa shape index (κ1) is 13.4. The Hall–Kier alpha value is -0.670. The summed E-state index contributed by atoms with van der Waals surface area (Å²) < 4.78 is 5.12. The molecule has 0 aromatic heterocycles. The predicted molar refractivity (Wildman–Crippen MR) is 72.3 cm³/mol. The van der Waals surface area contributed by atoms with Gasteiger partial charge in [0.2, 0.25) is 0 Å². The van der Waals surface area contributed by atoms with E-state index < -0.39 is 0 Å². The third-order valence-corrected chi connectivity index (χ3v) is 3.61. The summed E-state index contributed by atoms with van der Waals surface area (Å²) in [6.45, 7) is 4.13. The number of thioether (sulfide) groups is 1. The lowest BCUT2D eigenvalue weighted by Crippen LogP contribution is -2.34. The van der Waals surface area contributed by atoms with E-state index in [0.717, 1.165) is 23.7 Å². The van der Waals surface area contributed by atoms with Crippen LogP contribution in [0.1, 0.15) is 19.4 Å². The monoisotopic (exact) mass is 239 g/mol. The van der Waals surface area contributed by atoms with Crippen molar-refractivity contribution in [3.05, 3.63) is 29.8 Å². The van der Waals surface area contributed by atoms with E-state index in [9.17, 15) is 0 Å². The average Bonchev–Trinajstić information content (AvgIpc) is 2.24. The fourth-order valence-electron chi connectivity index (χ4n) is 1.32. The summed E-state index contributed by atoms with van der Waals surface area (Å²) in [6, 6.07) is 8.25. The molecule has 0 bridgehead atoms. The molecule has 2 N–H and O–H groups in total. The third kappa shape index (κ3) is 5.42. The molecule has 1 rings (SSSR count). The maximum atomic E-state index is 5.92. The van der Waals surface area contributed by atoms with Crippen LogP contribution in [0.3, 0.4) is 0 Å². The highest BCUT2D eigenvalue weighted by atomic mass is 32.2. The SMILES string of the molecule is COc1ccc(CCSCC(C)(C)N)cc1. The van der Waals surface area contributed by atoms with E-state index in [1.807, 2.05) is 23.9 Å². The van der Waals surface area contributed by atoms with Crippen LogP contribution in [0.2, 0.25) is 0 Å². The number of hydrogen-bond donors (Lipinski definition) is 1. The first-order valence-corrected chi connectivity index (χ1v) is 6.66. The molecule has 16 heavy (non-hydrogen) atoms. The fourth-order valence-corrected chi connectivity index (χ4v) is 2.37. The van der Waals surface area contributed by atoms with Gasteiger partial charge in [-0.1, -0.05) is 12.1 Å². The highest BCUT2D eigenvalue weighted by Gasteiger charge is 2.09. The quantitative estimate of drug-likeness (QED) is 0.775. The lowest BCUT2D eigenvalue weighted by molar-refractivity contribution is 0.414. The van der Waals surface area contributed by atoms with E-state index in [2.05, 4.69) is 26.0 Å². The van der Waals surface area contributed by atoms with E-state index in [1.54, 1.807) is 7.11 Å². The first-order chi connectivity index (χ1) is 7.51. The Bertz CT molecular complexity index is 303. The molecule has 0 spiro atoms. The number of methoxy groups -OCH3 is 1. The molecule has 2 nitrogen and oxygen atoms in total. The predicted octanol–water partition coefficient (Wildman–Crippen LogP) is 2.71. The second-order valence-corrected chi connectivity index (χ2v) is 5.74. The zero-order valence-corrected chi connectivity index (χ0v) is 11.1. The molecular weight excluding hydrogens is 218 g/mol. The van der Waals surface area contributed by atoms with Crippen molar-refractivity contribution in [3.8, 4) is 5.75 Å². The molecule has 0 unspecified atom stereocenters. The van der Waals surface area contributed by atoms with Crippen molar-refractivity contribution in [3.63, 3.8) is 0 Å². The van der Waals surface area contributed by atoms with Crippen molar-refractivity contribution in [2.24, 2.45) is 5.73 Å². The molecule has 1 aromatic carbocycles. The molecule has 90 valence electrons. The van der Waals surface area contributed by atoms with E-state index in [4.69, 9.17) is 10.5 Å². The van der Waals surface area contributed by atoms with E-state index in [0.29, 0.717) is 0 Å². The van der Waals surface area contributed by atoms with Crippen LogP contribution in [-0.4, -0.2) is 24.2 Å². The van der Waals surface area contributed by atoms with Gasteiger partial charge in [0.1, 0.15) is 5.75 Å². The van der Waals surface area contributed by atoms with Crippen LogP contribution < -0.4 is 10.5 Å². The largest absolute Gasteiger partial charge is 0.497 e. The zero-order valence-electron chi connectivity index (χ0n) is 10.3. The molecule has 0 atom stereocenters. The molecule has 1 aromatic rings. The van der Waals surface area contributed by atoms with Crippen LogP contribution >= 0.6 is 11.8 Å². The minimum Gasteiger partial charge on any atom is -0.497 e. The third-order valence-electron chi connectivity index (χ3n) is 2.17. The maximum absolute atomic E-state index is 5.92. The van der Waals surface area contributed by atoms with Crippen LogP contribution in [-0.2, 0) is 6.42 Å². The maximum Gasteiger partial charge on any atom is 0.118 e. The highest BCUT2D eigenvalue weighted by molar-refractivity contribution is 7.99. The molecule has 3 heteroatoms. The van der Waals surface area contributed by atoms with Crippen molar-refractivity contribution in [1.29, 1.82) is 0 Å². The molecule has 0 fully saturated rings. The first-order valence-electron chi connectivity index (χ1n) is 5.51. The Balaban J connectivity index is 2.27. The van der Waals surface area contributed by atoms with Crippen molar-refractivity contribution >= 4 is 11.8 Å². The molecule has 0 amide bonds. The second-order valence-electron chi connectivity index (χ2n) is 4.64. The van der Waals surface area contributed by atoms with Crippen LogP contribution in [0.4, 0.5) is 0 Å². The standard InChI is InChI=1S/C13H21NOS/c1-13(2,14)10-16-9-8-11-4-6-12(15-3)7-5-11/h4-7H,8-10,14H2,1-3H3. The number of aryl methyl sites for hydroxylation is 1. The topological polar surface area (TPSA) is 35.2 Å². The lowest BCUT2D eigenvalue weighted by Gasteiger charge is -2.17. The molecule has 0 aliphatic heterocycles. The van der Waals surface area contributed by atoms with Gasteiger partial charge < -0.3 is 10.5 Å². The Morgan fingerprint density at radius 3 is 2.38 bits per heavy atom. The van der Waals surface area contributed by atoms with Crippen LogP contribution in [0, 0.1) is 0 Å². The summed E-state index contributed by atoms with van der Waals surface area (Å²) >= 11 is 1.91. The van der Waals surface area contributed by atoms with Crippen LogP contribution in [0.5, 0.6) is 5.75 Å². The van der Waals surface area contributed by atoms with Crippen molar-refractivity contribution in [1.82, 2.24) is 0 Å². The van der Waals surface area contributed by atoms with Crippen molar-refractivity contribution in [2.75, 3.05) is 18.6 Å². The van der Waals surface area contributed by atoms with Crippen LogP contribution in [0.15, 0.2) is 24.3 Å². The Kier molecular flexibility index (Phi) is 5.16. The van der Waals surface area contributed by atoms with Crippen molar-refractivity contribution in [2.45, 2.75) is 25.8 Å². The van der Waals surface area contributed by atoms with Gasteiger partial charge in [0, 0.05) is 11.3 Å². The van der Waals surface area contributed by atoms with Gasteiger partial charge in [-0.3, -0.25) is 0 Å². The smallest absolute Gasteiger partial charge is 0.118 e. The van der Waals surface area contributed by atoms with Crippen molar-refractivity contribution < 1.29 is 4.74 Å². The Morgan fingerprint density at radius 2 is 1.88 bits per heavy atom. The molecule has 0 aliphatic carbocycles. The summed E-state index contributed by atoms with van der Waals surface area (Å²) in [7, 11) is 1.69. The van der Waals surface area contributed by atoms with Gasteiger partial charge in [-0.05, 0) is 43.7 Å². The molecule has 0 saturated carbocycles. The second kappa shape index (κ2) is 6.16. The lowest BCUT2D eigenvalue weighted by atomic mass is 10.1. The van der Waals surface area contributed by atoms with E-state index in [1.165, 1.54) is 5.56 Å². The van der Waals surface area contributed by atoms with E-state index in [-0.39, 0.29) is 5.54 Å². The molecular formula is C13H21NOS. The molecule has 0 heterocycles. The molecule has 0 saturated heterocycles. The molecule has 0 aliphatic rings. The summed E-state index contributed by atoms with van der Waals surface area (Å²) in [4.78, 5) is 0. The summed E-state index contributed by atoms with van der Waals surface area (Å²) in [5.41, 5.74) is 7.20. The van der Waals surface area contributed by atoms with Gasteiger partial charge in [0.25, 0.3) is 0 Å². The summed E-state index contributed by atoms with van der Waals surface area (Å²) in [6.07, 6.45) is 1.09. The van der Waals surface area contributed by atoms with Gasteiger partial charge in [-0.25, -0.2) is 0 Å². The van der Waals surface area contributed by atoms with Crippen LogP contribution in [0.25, 0.3) is 0 Å². The average molecular weight is 239 g/mol. The highest BCUT2D eigenvalue weighted by Crippen LogP contribution is 2.15. The van der Waals surface area contributed by atoms with Gasteiger partial charge >= 0.3 is 0 Å². The Morgan fingerprint density at radius 1 is 1.25 bits per heavy atom. The normalized spacial score (nSPS) is 11.5. The number of hydrogen-bond acceptors (Lipinski definition) is 3. The number of nitrogens with two attached hydrogens (primary N) is 1. The number of ether oxygens (including phenoxy) is 1. The van der Waals surface area contributed by atoms with E-state index >= 15 is 0 Å². The number of rotatable bonds is 6. The minimum absolute atomic E-state index is 0.0649. The van der Waals surface area contributed by atoms with Gasteiger partial charge in [0.15, 0.2) is 0 Å². The summed E-state index contributed by atoms with van der Waals surface area (Å²) in [5.74, 6) is 3.04. The Labute approximate surface area is 103 Å². The zero-order chi connectivity index (χ0) is 12.0. The van der Waals surface area contributed by atoms with Gasteiger partial charge in [-0.2, -0.15) is 11.8 Å². The summed E-state index contributed by atoms with van der Waals surface area (Å²) in [5, 5.41) is 0. The van der Waals surface area contributed by atoms with Gasteiger partial charge in [0.05, 0.1) is 7.11 Å². The number of benzene rings is 1. The minimum atomic E-state index is -0.0649. The molecule has 0 radical (unpaired) electrons.